The number of hydrogen-bond donors (Lipinski definition) is 0. The Morgan fingerprint density at radius 1 is 1.75 bits per heavy atom. The van der Waals surface area contributed by atoms with Gasteiger partial charge in [-0.3, -0.25) is 0 Å². The minimum Gasteiger partial charge on any atom is -0.624 e. The molecule has 0 N–H and O–H groups in total. The lowest BCUT2D eigenvalue weighted by atomic mass is 10.4. The van der Waals surface area contributed by atoms with Gasteiger partial charge < -0.3 is 9.94 Å². The molecule has 0 radical (unpaired) electrons. The third-order valence-electron chi connectivity index (χ3n) is 1.18. The van der Waals surface area contributed by atoms with Crippen LogP contribution in [0.2, 0.25) is 0 Å². The van der Waals surface area contributed by atoms with Crippen LogP contribution in [0, 0.1) is 5.21 Å². The first-order valence-electron chi connectivity index (χ1n) is 2.65. The fourth-order valence-corrected chi connectivity index (χ4v) is 0.630. The van der Waals surface area contributed by atoms with E-state index in [0.717, 1.165) is 10.5 Å². The topological polar surface area (TPSA) is 35.3 Å². The van der Waals surface area contributed by atoms with Crippen molar-refractivity contribution in [3.05, 3.63) is 5.21 Å². The molecule has 0 saturated carbocycles. The average Bonchev–Trinajstić information content (AvgIpc) is 1.77. The van der Waals surface area contributed by atoms with Gasteiger partial charge in [0, 0.05) is 6.92 Å². The zero-order valence-corrected chi connectivity index (χ0v) is 4.89. The molecule has 0 atom stereocenters. The van der Waals surface area contributed by atoms with E-state index in [1.54, 1.807) is 6.92 Å². The van der Waals surface area contributed by atoms with Crippen molar-refractivity contribution >= 4 is 5.71 Å². The largest absolute Gasteiger partial charge is 0.624 e. The van der Waals surface area contributed by atoms with Crippen molar-refractivity contribution in [2.24, 2.45) is 0 Å². The smallest absolute Gasteiger partial charge is 0.186 e. The van der Waals surface area contributed by atoms with Gasteiger partial charge in [0.05, 0.1) is 0 Å². The lowest BCUT2D eigenvalue weighted by Crippen LogP contribution is -2.28. The molecule has 0 aliphatic carbocycles. The molecule has 3 heteroatoms. The van der Waals surface area contributed by atoms with Crippen molar-refractivity contribution in [1.29, 1.82) is 0 Å². The molecule has 0 aromatic rings. The minimum absolute atomic E-state index is 0.492. The van der Waals surface area contributed by atoms with Crippen molar-refractivity contribution in [3.8, 4) is 0 Å². The third kappa shape index (κ3) is 0.980. The highest BCUT2D eigenvalue weighted by Crippen LogP contribution is 1.88. The first-order chi connectivity index (χ1) is 3.80. The summed E-state index contributed by atoms with van der Waals surface area (Å²) < 4.78 is 5.95. The number of rotatable bonds is 0. The van der Waals surface area contributed by atoms with E-state index >= 15 is 0 Å². The fourth-order valence-electron chi connectivity index (χ4n) is 0.630. The summed E-state index contributed by atoms with van der Waals surface area (Å²) >= 11 is 0. The van der Waals surface area contributed by atoms with Gasteiger partial charge in [0.2, 0.25) is 0 Å². The van der Waals surface area contributed by atoms with Crippen LogP contribution in [0.5, 0.6) is 0 Å². The lowest BCUT2D eigenvalue weighted by molar-refractivity contribution is -0.472. The Morgan fingerprint density at radius 3 is 2.88 bits per heavy atom. The van der Waals surface area contributed by atoms with E-state index in [0.29, 0.717) is 19.8 Å². The van der Waals surface area contributed by atoms with E-state index < -0.39 is 0 Å². The Labute approximate surface area is 48.2 Å². The molecule has 1 heterocycles. The van der Waals surface area contributed by atoms with Crippen LogP contribution in [0.4, 0.5) is 0 Å². The average molecular weight is 115 g/mol. The summed E-state index contributed by atoms with van der Waals surface area (Å²) in [6.45, 7) is 3.35. The molecule has 1 aliphatic rings. The van der Waals surface area contributed by atoms with E-state index in [-0.39, 0.29) is 0 Å². The predicted octanol–water partition coefficient (Wildman–Crippen LogP) is -0.0122. The van der Waals surface area contributed by atoms with Crippen molar-refractivity contribution < 1.29 is 9.48 Å². The minimum atomic E-state index is 0.492. The van der Waals surface area contributed by atoms with Crippen LogP contribution in [0.1, 0.15) is 6.92 Å². The van der Waals surface area contributed by atoms with Gasteiger partial charge in [0.15, 0.2) is 12.3 Å². The van der Waals surface area contributed by atoms with Crippen molar-refractivity contribution in [3.63, 3.8) is 0 Å². The molecule has 1 aliphatic heterocycles. The molecule has 0 bridgehead atoms. The summed E-state index contributed by atoms with van der Waals surface area (Å²) in [5.41, 5.74) is 0.774. The standard InChI is InChI=1S/C5H9NO2/c1-5-4-8-3-2-6(5)7/h2-4H2,1H3. The monoisotopic (exact) mass is 115 g/mol. The van der Waals surface area contributed by atoms with Gasteiger partial charge >= 0.3 is 0 Å². The zero-order chi connectivity index (χ0) is 5.98. The molecule has 8 heavy (non-hydrogen) atoms. The highest BCUT2D eigenvalue weighted by atomic mass is 16.5. The van der Waals surface area contributed by atoms with Gasteiger partial charge in [-0.05, 0) is 0 Å². The van der Waals surface area contributed by atoms with Crippen LogP contribution in [-0.4, -0.2) is 30.2 Å². The Balaban J connectivity index is 2.60. The zero-order valence-electron chi connectivity index (χ0n) is 4.89. The molecule has 3 nitrogen and oxygen atoms in total. The van der Waals surface area contributed by atoms with Gasteiger partial charge in [0.25, 0.3) is 0 Å². The molecule has 0 saturated heterocycles. The van der Waals surface area contributed by atoms with Crippen LogP contribution >= 0.6 is 0 Å². The second-order valence-electron chi connectivity index (χ2n) is 1.89. The third-order valence-corrected chi connectivity index (χ3v) is 1.18. The van der Waals surface area contributed by atoms with E-state index in [9.17, 15) is 5.21 Å². The molecular formula is C5H9NO2. The molecular weight excluding hydrogens is 106 g/mol. The maximum Gasteiger partial charge on any atom is 0.186 e. The summed E-state index contributed by atoms with van der Waals surface area (Å²) in [5.74, 6) is 0. The molecule has 46 valence electrons. The number of hydrogen-bond acceptors (Lipinski definition) is 2. The highest BCUT2D eigenvalue weighted by Gasteiger charge is 2.08. The maximum absolute atomic E-state index is 10.6. The summed E-state index contributed by atoms with van der Waals surface area (Å²) in [6.07, 6.45) is 0. The highest BCUT2D eigenvalue weighted by molar-refractivity contribution is 5.78. The molecule has 0 aromatic heterocycles. The first-order valence-corrected chi connectivity index (χ1v) is 2.65. The van der Waals surface area contributed by atoms with E-state index in [2.05, 4.69) is 0 Å². The van der Waals surface area contributed by atoms with Crippen LogP contribution in [0.3, 0.4) is 0 Å². The van der Waals surface area contributed by atoms with E-state index in [4.69, 9.17) is 4.74 Å². The predicted molar refractivity (Wildman–Crippen MR) is 30.0 cm³/mol. The molecule has 1 rings (SSSR count). The summed E-state index contributed by atoms with van der Waals surface area (Å²) in [4.78, 5) is 0. The normalized spacial score (nSPS) is 21.6. The van der Waals surface area contributed by atoms with Gasteiger partial charge in [-0.1, -0.05) is 0 Å². The molecule has 0 aromatic carbocycles. The van der Waals surface area contributed by atoms with Crippen LogP contribution in [-0.2, 0) is 4.74 Å². The van der Waals surface area contributed by atoms with Crippen LogP contribution in [0.25, 0.3) is 0 Å². The molecule has 0 spiro atoms. The number of hydroxylamine groups is 1. The van der Waals surface area contributed by atoms with Crippen molar-refractivity contribution in [1.82, 2.24) is 0 Å². The lowest BCUT2D eigenvalue weighted by Gasteiger charge is -2.12. The Morgan fingerprint density at radius 2 is 2.50 bits per heavy atom. The maximum atomic E-state index is 10.6. The van der Waals surface area contributed by atoms with E-state index in [1.165, 1.54) is 0 Å². The van der Waals surface area contributed by atoms with Crippen molar-refractivity contribution in [2.45, 2.75) is 6.92 Å². The van der Waals surface area contributed by atoms with Crippen LogP contribution in [0.15, 0.2) is 0 Å². The van der Waals surface area contributed by atoms with Gasteiger partial charge in [0.1, 0.15) is 13.2 Å². The van der Waals surface area contributed by atoms with Gasteiger partial charge in [-0.25, -0.2) is 4.74 Å². The summed E-state index contributed by atoms with van der Waals surface area (Å²) in [5, 5.41) is 10.6. The van der Waals surface area contributed by atoms with Gasteiger partial charge in [-0.2, -0.15) is 0 Å². The number of nitrogens with zero attached hydrogens (tertiary/aromatic N) is 1. The van der Waals surface area contributed by atoms with E-state index in [1.807, 2.05) is 0 Å². The quantitative estimate of drug-likeness (QED) is 0.328. The molecule has 0 amide bonds. The molecule has 0 unspecified atom stereocenters. The SMILES string of the molecule is CC1=[N+]([O-])CCOC1. The fraction of sp³-hybridized carbons (Fsp3) is 0.800. The second kappa shape index (κ2) is 2.13. The summed E-state index contributed by atoms with van der Waals surface area (Å²) in [7, 11) is 0. The Bertz CT molecular complexity index is 106. The Hall–Kier alpha value is -0.570. The second-order valence-corrected chi connectivity index (χ2v) is 1.89. The van der Waals surface area contributed by atoms with Gasteiger partial charge in [-0.15, -0.1) is 0 Å². The Kier molecular flexibility index (Phi) is 1.48. The molecule has 0 fully saturated rings. The van der Waals surface area contributed by atoms with Crippen molar-refractivity contribution in [2.75, 3.05) is 19.8 Å². The first kappa shape index (κ1) is 5.56. The number of ether oxygens (including phenoxy) is 1. The van der Waals surface area contributed by atoms with Crippen LogP contribution < -0.4 is 0 Å². The summed E-state index contributed by atoms with van der Waals surface area (Å²) in [6, 6.07) is 0.